The van der Waals surface area contributed by atoms with Crippen LogP contribution < -0.4 is 5.32 Å². The molecule has 100 valence electrons. The second kappa shape index (κ2) is 6.21. The van der Waals surface area contributed by atoms with Gasteiger partial charge in [-0.15, -0.1) is 0 Å². The largest absolute Gasteiger partial charge is 0.356 e. The molecule has 0 aliphatic heterocycles. The number of amides is 1. The Balaban J connectivity index is 2.26. The van der Waals surface area contributed by atoms with Crippen LogP contribution in [0.1, 0.15) is 53.4 Å². The van der Waals surface area contributed by atoms with E-state index in [4.69, 9.17) is 0 Å². The van der Waals surface area contributed by atoms with E-state index in [1.165, 1.54) is 19.3 Å². The number of hydrogen-bond acceptors (Lipinski definition) is 1. The standard InChI is InChI=1S/C14H26BrNO/c1-10(14(2,3)4)8-13(17)16-9-11-6-5-7-12(11)15/h10-12H,5-9H2,1-4H3,(H,16,17). The van der Waals surface area contributed by atoms with Gasteiger partial charge in [-0.2, -0.15) is 0 Å². The van der Waals surface area contributed by atoms with Crippen LogP contribution in [0.4, 0.5) is 0 Å². The molecule has 0 aromatic rings. The van der Waals surface area contributed by atoms with Gasteiger partial charge in [-0.05, 0) is 30.1 Å². The SMILES string of the molecule is CC(CC(=O)NCC1CCCC1Br)C(C)(C)C. The Labute approximate surface area is 114 Å². The van der Waals surface area contributed by atoms with Gasteiger partial charge in [0.25, 0.3) is 0 Å². The van der Waals surface area contributed by atoms with Gasteiger partial charge in [-0.25, -0.2) is 0 Å². The van der Waals surface area contributed by atoms with Crippen molar-refractivity contribution < 1.29 is 4.79 Å². The molecule has 3 unspecified atom stereocenters. The molecule has 0 bridgehead atoms. The molecule has 0 aromatic carbocycles. The van der Waals surface area contributed by atoms with Gasteiger partial charge < -0.3 is 5.32 Å². The lowest BCUT2D eigenvalue weighted by molar-refractivity contribution is -0.122. The third kappa shape index (κ3) is 4.99. The normalized spacial score (nSPS) is 26.9. The molecule has 1 saturated carbocycles. The summed E-state index contributed by atoms with van der Waals surface area (Å²) in [7, 11) is 0. The van der Waals surface area contributed by atoms with Crippen LogP contribution in [0, 0.1) is 17.3 Å². The lowest BCUT2D eigenvalue weighted by Gasteiger charge is -2.27. The first-order chi connectivity index (χ1) is 7.80. The first-order valence-electron chi connectivity index (χ1n) is 6.71. The van der Waals surface area contributed by atoms with Crippen molar-refractivity contribution in [2.24, 2.45) is 17.3 Å². The van der Waals surface area contributed by atoms with Gasteiger partial charge in [0.05, 0.1) is 0 Å². The van der Waals surface area contributed by atoms with E-state index in [0.29, 0.717) is 23.1 Å². The summed E-state index contributed by atoms with van der Waals surface area (Å²) in [6.07, 6.45) is 4.42. The molecule has 1 aliphatic carbocycles. The van der Waals surface area contributed by atoms with Crippen LogP contribution in [0.15, 0.2) is 0 Å². The van der Waals surface area contributed by atoms with Crippen LogP contribution >= 0.6 is 15.9 Å². The Morgan fingerprint density at radius 2 is 2.06 bits per heavy atom. The summed E-state index contributed by atoms with van der Waals surface area (Å²) < 4.78 is 0. The van der Waals surface area contributed by atoms with E-state index >= 15 is 0 Å². The van der Waals surface area contributed by atoms with E-state index in [9.17, 15) is 4.79 Å². The Kier molecular flexibility index (Phi) is 5.49. The van der Waals surface area contributed by atoms with Crippen molar-refractivity contribution in [3.8, 4) is 0 Å². The van der Waals surface area contributed by atoms with Gasteiger partial charge in [0.2, 0.25) is 5.91 Å². The molecule has 2 nitrogen and oxygen atoms in total. The minimum absolute atomic E-state index is 0.207. The molecule has 1 aliphatic rings. The van der Waals surface area contributed by atoms with Crippen molar-refractivity contribution in [2.75, 3.05) is 6.54 Å². The maximum absolute atomic E-state index is 11.8. The minimum atomic E-state index is 0.207. The van der Waals surface area contributed by atoms with E-state index in [1.54, 1.807) is 0 Å². The summed E-state index contributed by atoms with van der Waals surface area (Å²) in [5, 5.41) is 3.09. The zero-order valence-electron chi connectivity index (χ0n) is 11.6. The highest BCUT2D eigenvalue weighted by Gasteiger charge is 2.26. The molecule has 0 spiro atoms. The number of halogens is 1. The molecule has 0 radical (unpaired) electrons. The molecule has 17 heavy (non-hydrogen) atoms. The van der Waals surface area contributed by atoms with Crippen LogP contribution in [0.2, 0.25) is 0 Å². The Morgan fingerprint density at radius 3 is 2.53 bits per heavy atom. The zero-order valence-corrected chi connectivity index (χ0v) is 13.1. The molecule has 1 fully saturated rings. The summed E-state index contributed by atoms with van der Waals surface area (Å²) in [4.78, 5) is 12.4. The highest BCUT2D eigenvalue weighted by molar-refractivity contribution is 9.09. The van der Waals surface area contributed by atoms with Crippen molar-refractivity contribution >= 4 is 21.8 Å². The van der Waals surface area contributed by atoms with Crippen molar-refractivity contribution in [2.45, 2.75) is 58.2 Å². The average molecular weight is 304 g/mol. The number of hydrogen-bond donors (Lipinski definition) is 1. The van der Waals surface area contributed by atoms with Crippen LogP contribution in [-0.2, 0) is 4.79 Å². The van der Waals surface area contributed by atoms with Gasteiger partial charge in [0, 0.05) is 17.8 Å². The highest BCUT2D eigenvalue weighted by Crippen LogP contribution is 2.31. The maximum atomic E-state index is 11.8. The summed E-state index contributed by atoms with van der Waals surface area (Å²) >= 11 is 3.69. The van der Waals surface area contributed by atoms with Gasteiger partial charge in [-0.1, -0.05) is 50.0 Å². The molecule has 1 N–H and O–H groups in total. The van der Waals surface area contributed by atoms with Crippen molar-refractivity contribution in [3.05, 3.63) is 0 Å². The van der Waals surface area contributed by atoms with Gasteiger partial charge in [0.1, 0.15) is 0 Å². The number of alkyl halides is 1. The quantitative estimate of drug-likeness (QED) is 0.788. The fourth-order valence-electron chi connectivity index (χ4n) is 2.12. The smallest absolute Gasteiger partial charge is 0.220 e. The Morgan fingerprint density at radius 1 is 1.41 bits per heavy atom. The second-order valence-electron chi connectivity index (χ2n) is 6.48. The summed E-state index contributed by atoms with van der Waals surface area (Å²) in [6, 6.07) is 0. The van der Waals surface area contributed by atoms with Gasteiger partial charge in [0.15, 0.2) is 0 Å². The third-order valence-corrected chi connectivity index (χ3v) is 5.30. The minimum Gasteiger partial charge on any atom is -0.356 e. The van der Waals surface area contributed by atoms with Crippen LogP contribution in [0.3, 0.4) is 0 Å². The predicted octanol–water partition coefficient (Wildman–Crippen LogP) is 3.74. The van der Waals surface area contributed by atoms with Gasteiger partial charge >= 0.3 is 0 Å². The molecule has 0 heterocycles. The lowest BCUT2D eigenvalue weighted by Crippen LogP contribution is -2.33. The molecule has 1 amide bonds. The van der Waals surface area contributed by atoms with Crippen molar-refractivity contribution in [3.63, 3.8) is 0 Å². The van der Waals surface area contributed by atoms with Crippen LogP contribution in [0.5, 0.6) is 0 Å². The van der Waals surface area contributed by atoms with E-state index in [0.717, 1.165) is 6.54 Å². The summed E-state index contributed by atoms with van der Waals surface area (Å²) in [6.45, 7) is 9.57. The number of rotatable bonds is 4. The zero-order chi connectivity index (χ0) is 13.1. The van der Waals surface area contributed by atoms with E-state index in [1.807, 2.05) is 0 Å². The first kappa shape index (κ1) is 15.0. The van der Waals surface area contributed by atoms with Gasteiger partial charge in [-0.3, -0.25) is 4.79 Å². The first-order valence-corrected chi connectivity index (χ1v) is 7.63. The fourth-order valence-corrected chi connectivity index (χ4v) is 2.90. The number of carbonyl (C=O) groups is 1. The molecule has 0 saturated heterocycles. The van der Waals surface area contributed by atoms with Crippen LogP contribution in [0.25, 0.3) is 0 Å². The maximum Gasteiger partial charge on any atom is 0.220 e. The van der Waals surface area contributed by atoms with E-state index in [2.05, 4.69) is 48.9 Å². The molecular weight excluding hydrogens is 278 g/mol. The third-order valence-electron chi connectivity index (χ3n) is 4.10. The summed E-state index contributed by atoms with van der Waals surface area (Å²) in [5.41, 5.74) is 0.211. The molecule has 3 heteroatoms. The molecule has 0 aromatic heterocycles. The average Bonchev–Trinajstić information content (AvgIpc) is 2.59. The van der Waals surface area contributed by atoms with Crippen molar-refractivity contribution in [1.29, 1.82) is 0 Å². The summed E-state index contributed by atoms with van der Waals surface area (Å²) in [5.74, 6) is 1.26. The molecule has 3 atom stereocenters. The van der Waals surface area contributed by atoms with E-state index < -0.39 is 0 Å². The van der Waals surface area contributed by atoms with Crippen molar-refractivity contribution in [1.82, 2.24) is 5.32 Å². The number of carbonyl (C=O) groups excluding carboxylic acids is 1. The fraction of sp³-hybridized carbons (Fsp3) is 0.929. The lowest BCUT2D eigenvalue weighted by atomic mass is 9.80. The monoisotopic (exact) mass is 303 g/mol. The topological polar surface area (TPSA) is 29.1 Å². The van der Waals surface area contributed by atoms with E-state index in [-0.39, 0.29) is 11.3 Å². The Hall–Kier alpha value is -0.0500. The molecule has 1 rings (SSSR count). The Bertz CT molecular complexity index is 259. The highest BCUT2D eigenvalue weighted by atomic mass is 79.9. The van der Waals surface area contributed by atoms with Crippen LogP contribution in [-0.4, -0.2) is 17.3 Å². The molecular formula is C14H26BrNO. The predicted molar refractivity (Wildman–Crippen MR) is 76.3 cm³/mol. The number of nitrogens with one attached hydrogen (secondary N) is 1. The second-order valence-corrected chi connectivity index (χ2v) is 7.66.